The van der Waals surface area contributed by atoms with Crippen LogP contribution in [0.5, 0.6) is 0 Å². The van der Waals surface area contributed by atoms with Crippen LogP contribution in [0, 0.1) is 5.41 Å². The number of unbranched alkanes of at least 4 members (excludes halogenated alkanes) is 5. The van der Waals surface area contributed by atoms with Crippen LogP contribution in [0.1, 0.15) is 51.0 Å². The molecule has 1 heterocycles. The molecule has 162 valence electrons. The quantitative estimate of drug-likeness (QED) is 0.294. The molecule has 0 spiro atoms. The van der Waals surface area contributed by atoms with E-state index in [2.05, 4.69) is 44.4 Å². The zero-order valence-electron chi connectivity index (χ0n) is 18.2. The van der Waals surface area contributed by atoms with Crippen molar-refractivity contribution < 1.29 is 28.3 Å². The van der Waals surface area contributed by atoms with Crippen molar-refractivity contribution in [2.24, 2.45) is 5.41 Å². The molecule has 29 heavy (non-hydrogen) atoms. The van der Waals surface area contributed by atoms with Crippen LogP contribution in [-0.2, 0) is 25.5 Å². The number of hydrogen-bond acceptors (Lipinski definition) is 5. The van der Waals surface area contributed by atoms with Crippen molar-refractivity contribution in [2.45, 2.75) is 52.0 Å². The molecule has 0 bridgehead atoms. The molecule has 1 fully saturated rings. The zero-order valence-corrected chi connectivity index (χ0v) is 18.2. The van der Waals surface area contributed by atoms with Crippen molar-refractivity contribution in [1.29, 1.82) is 0 Å². The van der Waals surface area contributed by atoms with Gasteiger partial charge in [-0.2, -0.15) is 0 Å². The van der Waals surface area contributed by atoms with E-state index in [1.165, 1.54) is 31.4 Å². The van der Waals surface area contributed by atoms with Crippen LogP contribution in [0.25, 0.3) is 0 Å². The smallest absolute Gasteiger partial charge is 0.465 e. The third-order valence-electron chi connectivity index (χ3n) is 5.35. The van der Waals surface area contributed by atoms with Gasteiger partial charge in [0.25, 0.3) is 0 Å². The summed E-state index contributed by atoms with van der Waals surface area (Å²) in [6, 6.07) is 10.7. The fraction of sp³-hybridized carbons (Fsp3) is 0.652. The monoisotopic (exact) mass is 406 g/mol. The number of carbonyl (C=O) groups is 2. The number of nitrogens with zero attached hydrogens (tertiary/aromatic N) is 1. The van der Waals surface area contributed by atoms with Gasteiger partial charge in [-0.3, -0.25) is 4.79 Å². The Morgan fingerprint density at radius 3 is 2.24 bits per heavy atom. The number of quaternary nitrogens is 1. The number of rotatable bonds is 12. The normalized spacial score (nSPS) is 16.0. The largest absolute Gasteiger partial charge is 0.508 e. The van der Waals surface area contributed by atoms with Gasteiger partial charge in [-0.1, -0.05) is 49.6 Å². The van der Waals surface area contributed by atoms with E-state index in [9.17, 15) is 9.59 Å². The molecule has 0 atom stereocenters. The molecule has 0 aliphatic carbocycles. The van der Waals surface area contributed by atoms with E-state index in [-0.39, 0.29) is 19.2 Å². The van der Waals surface area contributed by atoms with E-state index < -0.39 is 11.6 Å². The fourth-order valence-electron chi connectivity index (χ4n) is 3.48. The van der Waals surface area contributed by atoms with Crippen molar-refractivity contribution in [3.05, 3.63) is 35.9 Å². The van der Waals surface area contributed by atoms with Crippen molar-refractivity contribution in [2.75, 3.05) is 40.5 Å². The Morgan fingerprint density at radius 1 is 1.00 bits per heavy atom. The van der Waals surface area contributed by atoms with Crippen LogP contribution < -0.4 is 0 Å². The first-order valence-electron chi connectivity index (χ1n) is 10.6. The zero-order chi connectivity index (χ0) is 21.2. The first-order valence-corrected chi connectivity index (χ1v) is 10.6. The maximum atomic E-state index is 12.1. The molecule has 2 rings (SSSR count). The maximum absolute atomic E-state index is 12.1. The van der Waals surface area contributed by atoms with Crippen LogP contribution in [-0.4, -0.2) is 57.1 Å². The Kier molecular flexibility index (Phi) is 8.96. The Bertz CT molecular complexity index is 634. The standard InChI is InChI=1S/C23H36NO5/c1-23(18-28-22(26)29-19-23)21(25)27-16-12-7-5-4-6-11-15-24(2,3)17-20-13-9-8-10-14-20/h8-10,13-14H,4-7,11-12,15-19H2,1-3H3/q+1. The van der Waals surface area contributed by atoms with Crippen LogP contribution in [0.15, 0.2) is 30.3 Å². The number of carbonyl (C=O) groups excluding carboxylic acids is 2. The number of ether oxygens (including phenoxy) is 3. The molecule has 1 aromatic carbocycles. The van der Waals surface area contributed by atoms with Crippen LogP contribution >= 0.6 is 0 Å². The number of esters is 1. The molecule has 1 aliphatic heterocycles. The summed E-state index contributed by atoms with van der Waals surface area (Å²) in [5.74, 6) is -0.358. The number of benzene rings is 1. The van der Waals surface area contributed by atoms with Crippen molar-refractivity contribution in [1.82, 2.24) is 0 Å². The molecular formula is C23H36NO5+. The summed E-state index contributed by atoms with van der Waals surface area (Å²) in [6.45, 7) is 4.38. The Balaban J connectivity index is 1.48. The Labute approximate surface area is 174 Å². The number of hydrogen-bond donors (Lipinski definition) is 0. The van der Waals surface area contributed by atoms with Gasteiger partial charge in [0, 0.05) is 5.56 Å². The summed E-state index contributed by atoms with van der Waals surface area (Å²) in [6.07, 6.45) is 6.01. The summed E-state index contributed by atoms with van der Waals surface area (Å²) in [4.78, 5) is 23.1. The van der Waals surface area contributed by atoms with E-state index in [1.807, 2.05) is 0 Å². The predicted molar refractivity (Wildman–Crippen MR) is 111 cm³/mol. The van der Waals surface area contributed by atoms with Gasteiger partial charge < -0.3 is 18.7 Å². The molecule has 0 radical (unpaired) electrons. The molecule has 0 amide bonds. The van der Waals surface area contributed by atoms with Crippen LogP contribution in [0.2, 0.25) is 0 Å². The van der Waals surface area contributed by atoms with Crippen LogP contribution in [0.3, 0.4) is 0 Å². The second-order valence-corrected chi connectivity index (χ2v) is 8.95. The second kappa shape index (κ2) is 11.2. The van der Waals surface area contributed by atoms with E-state index in [1.54, 1.807) is 6.92 Å². The SMILES string of the molecule is CC1(C(=O)OCCCCCCCC[N+](C)(C)Cc2ccccc2)COC(=O)OC1. The Hall–Kier alpha value is -2.08. The molecular weight excluding hydrogens is 370 g/mol. The Morgan fingerprint density at radius 2 is 1.59 bits per heavy atom. The lowest BCUT2D eigenvalue weighted by Crippen LogP contribution is -2.44. The van der Waals surface area contributed by atoms with Crippen molar-refractivity contribution in [3.8, 4) is 0 Å². The lowest BCUT2D eigenvalue weighted by Gasteiger charge is -2.30. The lowest BCUT2D eigenvalue weighted by molar-refractivity contribution is -0.903. The molecule has 6 heteroatoms. The molecule has 0 N–H and O–H groups in total. The molecule has 6 nitrogen and oxygen atoms in total. The topological polar surface area (TPSA) is 61.8 Å². The van der Waals surface area contributed by atoms with Crippen LogP contribution in [0.4, 0.5) is 4.79 Å². The van der Waals surface area contributed by atoms with Gasteiger partial charge in [-0.15, -0.1) is 0 Å². The van der Waals surface area contributed by atoms with Gasteiger partial charge in [0.2, 0.25) is 0 Å². The molecule has 0 aromatic heterocycles. The van der Waals surface area contributed by atoms with Crippen molar-refractivity contribution in [3.63, 3.8) is 0 Å². The third-order valence-corrected chi connectivity index (χ3v) is 5.35. The van der Waals surface area contributed by atoms with E-state index in [4.69, 9.17) is 14.2 Å². The summed E-state index contributed by atoms with van der Waals surface area (Å²) >= 11 is 0. The highest BCUT2D eigenvalue weighted by Gasteiger charge is 2.41. The number of cyclic esters (lactones) is 2. The fourth-order valence-corrected chi connectivity index (χ4v) is 3.48. The minimum atomic E-state index is -0.890. The molecule has 0 unspecified atom stereocenters. The lowest BCUT2D eigenvalue weighted by atomic mass is 9.93. The predicted octanol–water partition coefficient (Wildman–Crippen LogP) is 4.32. The first-order chi connectivity index (χ1) is 13.8. The van der Waals surface area contributed by atoms with E-state index in [0.29, 0.717) is 6.61 Å². The first kappa shape index (κ1) is 23.2. The minimum Gasteiger partial charge on any atom is -0.465 e. The van der Waals surface area contributed by atoms with Gasteiger partial charge >= 0.3 is 12.1 Å². The summed E-state index contributed by atoms with van der Waals surface area (Å²) in [5, 5.41) is 0. The highest BCUT2D eigenvalue weighted by molar-refractivity contribution is 5.78. The van der Waals surface area contributed by atoms with Gasteiger partial charge in [-0.05, 0) is 26.2 Å². The van der Waals surface area contributed by atoms with E-state index >= 15 is 0 Å². The van der Waals surface area contributed by atoms with E-state index in [0.717, 1.165) is 30.3 Å². The summed E-state index contributed by atoms with van der Waals surface area (Å²) < 4.78 is 15.9. The highest BCUT2D eigenvalue weighted by Crippen LogP contribution is 2.24. The van der Waals surface area contributed by atoms with Crippen molar-refractivity contribution >= 4 is 12.1 Å². The molecule has 1 aromatic rings. The minimum absolute atomic E-state index is 0.0177. The highest BCUT2D eigenvalue weighted by atomic mass is 16.7. The molecule has 0 saturated carbocycles. The molecule has 1 aliphatic rings. The second-order valence-electron chi connectivity index (χ2n) is 8.95. The summed E-state index contributed by atoms with van der Waals surface area (Å²) in [5.41, 5.74) is 0.498. The van der Waals surface area contributed by atoms with Gasteiger partial charge in [0.05, 0.1) is 27.2 Å². The average Bonchev–Trinajstić information content (AvgIpc) is 2.69. The maximum Gasteiger partial charge on any atom is 0.508 e. The average molecular weight is 407 g/mol. The van der Waals surface area contributed by atoms with Gasteiger partial charge in [0.15, 0.2) is 0 Å². The molecule has 1 saturated heterocycles. The van der Waals surface area contributed by atoms with Gasteiger partial charge in [-0.25, -0.2) is 4.79 Å². The van der Waals surface area contributed by atoms with Gasteiger partial charge in [0.1, 0.15) is 25.2 Å². The third kappa shape index (κ3) is 8.44. The summed E-state index contributed by atoms with van der Waals surface area (Å²) in [7, 11) is 4.58.